The third-order valence-corrected chi connectivity index (χ3v) is 3.33. The molecule has 3 N–H and O–H groups in total. The second-order valence-electron chi connectivity index (χ2n) is 5.28. The van der Waals surface area contributed by atoms with Crippen LogP contribution in [-0.2, 0) is 0 Å². The van der Waals surface area contributed by atoms with Crippen molar-refractivity contribution in [2.75, 3.05) is 12.3 Å². The first kappa shape index (κ1) is 12.9. The van der Waals surface area contributed by atoms with Gasteiger partial charge in [-0.25, -0.2) is 0 Å². The van der Waals surface area contributed by atoms with Crippen molar-refractivity contribution in [3.8, 4) is 0 Å². The van der Waals surface area contributed by atoms with Crippen LogP contribution < -0.4 is 5.73 Å². The van der Waals surface area contributed by atoms with Gasteiger partial charge in [-0.15, -0.1) is 0 Å². The number of nitrogens with zero attached hydrogens (tertiary/aromatic N) is 2. The number of aromatic amines is 1. The molecule has 2 rings (SSSR count). The van der Waals surface area contributed by atoms with E-state index in [4.69, 9.17) is 5.73 Å². The maximum Gasteiger partial charge on any atom is 0.276 e. The zero-order chi connectivity index (χ0) is 13.3. The number of rotatable bonds is 5. The highest BCUT2D eigenvalue weighted by Crippen LogP contribution is 2.30. The van der Waals surface area contributed by atoms with Crippen LogP contribution in [0.2, 0.25) is 0 Å². The predicted octanol–water partition coefficient (Wildman–Crippen LogP) is 2.13. The molecule has 1 aliphatic rings. The van der Waals surface area contributed by atoms with Gasteiger partial charge in [-0.2, -0.15) is 5.10 Å². The minimum atomic E-state index is -0.0278. The second-order valence-corrected chi connectivity index (χ2v) is 5.28. The molecule has 1 aromatic rings. The first-order valence-electron chi connectivity index (χ1n) is 6.71. The Labute approximate surface area is 108 Å². The van der Waals surface area contributed by atoms with Crippen LogP contribution in [0, 0.1) is 0 Å². The fourth-order valence-electron chi connectivity index (χ4n) is 2.18. The van der Waals surface area contributed by atoms with Crippen molar-refractivity contribution >= 4 is 11.6 Å². The van der Waals surface area contributed by atoms with Crippen LogP contribution in [0.4, 0.5) is 5.69 Å². The van der Waals surface area contributed by atoms with Crippen molar-refractivity contribution in [3.05, 3.63) is 11.4 Å². The Morgan fingerprint density at radius 2 is 2.22 bits per heavy atom. The smallest absolute Gasteiger partial charge is 0.276 e. The molecule has 1 heterocycles. The molecule has 0 aliphatic heterocycles. The number of nitrogens with one attached hydrogen (secondary N) is 1. The minimum Gasteiger partial charge on any atom is -0.395 e. The lowest BCUT2D eigenvalue weighted by atomic mass is 10.1. The van der Waals surface area contributed by atoms with E-state index in [2.05, 4.69) is 17.1 Å². The van der Waals surface area contributed by atoms with Crippen LogP contribution in [0.15, 0.2) is 0 Å². The zero-order valence-corrected chi connectivity index (χ0v) is 11.4. The van der Waals surface area contributed by atoms with E-state index in [1.54, 1.807) is 0 Å². The van der Waals surface area contributed by atoms with Gasteiger partial charge < -0.3 is 10.6 Å². The standard InChI is InChI=1S/C13H22N4O/c1-4-7-17(9-5-6-9)13(18)12-10(14)11(8(2)3)15-16-12/h8-9H,4-7,14H2,1-3H3,(H,15,16). The number of hydrogen-bond acceptors (Lipinski definition) is 3. The van der Waals surface area contributed by atoms with Gasteiger partial charge in [-0.3, -0.25) is 9.89 Å². The summed E-state index contributed by atoms with van der Waals surface area (Å²) in [6.07, 6.45) is 3.17. The number of nitrogen functional groups attached to an aromatic ring is 1. The lowest BCUT2D eigenvalue weighted by molar-refractivity contribution is 0.0738. The second kappa shape index (κ2) is 5.00. The van der Waals surface area contributed by atoms with E-state index in [1.165, 1.54) is 0 Å². The Morgan fingerprint density at radius 1 is 1.56 bits per heavy atom. The van der Waals surface area contributed by atoms with Crippen molar-refractivity contribution < 1.29 is 4.79 Å². The molecule has 0 atom stereocenters. The van der Waals surface area contributed by atoms with Gasteiger partial charge >= 0.3 is 0 Å². The SMILES string of the molecule is CCCN(C(=O)c1n[nH]c(C(C)C)c1N)C1CC1. The molecule has 0 radical (unpaired) electrons. The average Bonchev–Trinajstić information content (AvgIpc) is 3.08. The molecule has 18 heavy (non-hydrogen) atoms. The average molecular weight is 250 g/mol. The number of amides is 1. The van der Waals surface area contributed by atoms with Crippen LogP contribution in [0.5, 0.6) is 0 Å². The molecule has 1 saturated carbocycles. The van der Waals surface area contributed by atoms with E-state index in [9.17, 15) is 4.79 Å². The first-order valence-corrected chi connectivity index (χ1v) is 6.71. The van der Waals surface area contributed by atoms with Gasteiger partial charge in [0.2, 0.25) is 0 Å². The first-order chi connectivity index (χ1) is 8.56. The number of aromatic nitrogens is 2. The van der Waals surface area contributed by atoms with Gasteiger partial charge in [0, 0.05) is 12.6 Å². The topological polar surface area (TPSA) is 75.0 Å². The summed E-state index contributed by atoms with van der Waals surface area (Å²) in [4.78, 5) is 14.3. The molecule has 1 amide bonds. The number of H-pyrrole nitrogens is 1. The molecule has 0 saturated heterocycles. The molecule has 100 valence electrons. The van der Waals surface area contributed by atoms with Crippen LogP contribution in [0.1, 0.15) is 62.1 Å². The molecule has 5 heteroatoms. The third-order valence-electron chi connectivity index (χ3n) is 3.33. The maximum atomic E-state index is 12.4. The van der Waals surface area contributed by atoms with E-state index in [0.29, 0.717) is 17.4 Å². The van der Waals surface area contributed by atoms with Crippen molar-refractivity contribution in [3.63, 3.8) is 0 Å². The number of anilines is 1. The summed E-state index contributed by atoms with van der Waals surface area (Å²) >= 11 is 0. The molecule has 1 fully saturated rings. The third kappa shape index (κ3) is 2.35. The zero-order valence-electron chi connectivity index (χ0n) is 11.4. The van der Waals surface area contributed by atoms with Crippen molar-refractivity contribution in [1.29, 1.82) is 0 Å². The Balaban J connectivity index is 2.21. The molecule has 5 nitrogen and oxygen atoms in total. The fourth-order valence-corrected chi connectivity index (χ4v) is 2.18. The summed E-state index contributed by atoms with van der Waals surface area (Å²) in [6, 6.07) is 0.399. The highest BCUT2D eigenvalue weighted by atomic mass is 16.2. The predicted molar refractivity (Wildman–Crippen MR) is 71.4 cm³/mol. The van der Waals surface area contributed by atoms with Gasteiger partial charge in [-0.05, 0) is 25.2 Å². The van der Waals surface area contributed by atoms with E-state index in [-0.39, 0.29) is 11.8 Å². The summed E-state index contributed by atoms with van der Waals surface area (Å²) in [7, 11) is 0. The molecule has 0 aromatic carbocycles. The lowest BCUT2D eigenvalue weighted by Crippen LogP contribution is -2.34. The van der Waals surface area contributed by atoms with E-state index in [0.717, 1.165) is 31.5 Å². The molecule has 0 bridgehead atoms. The lowest BCUT2D eigenvalue weighted by Gasteiger charge is -2.20. The number of carbonyl (C=O) groups excluding carboxylic acids is 1. The summed E-state index contributed by atoms with van der Waals surface area (Å²) in [5.41, 5.74) is 7.77. The monoisotopic (exact) mass is 250 g/mol. The highest BCUT2D eigenvalue weighted by molar-refractivity contribution is 5.98. The van der Waals surface area contributed by atoms with Crippen molar-refractivity contribution in [2.45, 2.75) is 52.0 Å². The number of hydrogen-bond donors (Lipinski definition) is 2. The van der Waals surface area contributed by atoms with Crippen LogP contribution in [0.3, 0.4) is 0 Å². The normalized spacial score (nSPS) is 15.1. The van der Waals surface area contributed by atoms with Crippen LogP contribution >= 0.6 is 0 Å². The van der Waals surface area contributed by atoms with Crippen LogP contribution in [0.25, 0.3) is 0 Å². The molecule has 0 spiro atoms. The van der Waals surface area contributed by atoms with Crippen molar-refractivity contribution in [2.24, 2.45) is 0 Å². The minimum absolute atomic E-state index is 0.0278. The Hall–Kier alpha value is -1.52. The van der Waals surface area contributed by atoms with Gasteiger partial charge in [0.1, 0.15) is 0 Å². The molecular formula is C13H22N4O. The fraction of sp³-hybridized carbons (Fsp3) is 0.692. The number of nitrogens with two attached hydrogens (primary N) is 1. The molecular weight excluding hydrogens is 228 g/mol. The molecule has 1 aliphatic carbocycles. The van der Waals surface area contributed by atoms with E-state index in [1.807, 2.05) is 18.7 Å². The molecule has 0 unspecified atom stereocenters. The Bertz CT molecular complexity index is 434. The summed E-state index contributed by atoms with van der Waals surface area (Å²) < 4.78 is 0. The quantitative estimate of drug-likeness (QED) is 0.840. The Kier molecular flexibility index (Phi) is 3.59. The number of carbonyl (C=O) groups is 1. The van der Waals surface area contributed by atoms with Gasteiger partial charge in [0.15, 0.2) is 5.69 Å². The molecule has 1 aromatic heterocycles. The largest absolute Gasteiger partial charge is 0.395 e. The van der Waals surface area contributed by atoms with Crippen LogP contribution in [-0.4, -0.2) is 33.6 Å². The summed E-state index contributed by atoms with van der Waals surface area (Å²) in [5, 5.41) is 7.00. The van der Waals surface area contributed by atoms with E-state index < -0.39 is 0 Å². The summed E-state index contributed by atoms with van der Waals surface area (Å²) in [5.74, 6) is 0.222. The van der Waals surface area contributed by atoms with E-state index >= 15 is 0 Å². The highest BCUT2D eigenvalue weighted by Gasteiger charge is 2.34. The van der Waals surface area contributed by atoms with Crippen molar-refractivity contribution in [1.82, 2.24) is 15.1 Å². The summed E-state index contributed by atoms with van der Waals surface area (Å²) in [6.45, 7) is 6.93. The Morgan fingerprint density at radius 3 is 2.67 bits per heavy atom. The van der Waals surface area contributed by atoms with Gasteiger partial charge in [0.05, 0.1) is 11.4 Å². The van der Waals surface area contributed by atoms with Gasteiger partial charge in [-0.1, -0.05) is 20.8 Å². The van der Waals surface area contributed by atoms with Gasteiger partial charge in [0.25, 0.3) is 5.91 Å². The maximum absolute atomic E-state index is 12.4.